The molecule has 9 heteroatoms. The highest BCUT2D eigenvalue weighted by atomic mass is 32.2. The molecule has 0 aliphatic carbocycles. The molecule has 4 rings (SSSR count). The number of hydrogen-bond acceptors (Lipinski definition) is 6. The second-order valence-corrected chi connectivity index (χ2v) is 11.1. The number of sulfone groups is 1. The van der Waals surface area contributed by atoms with E-state index in [0.29, 0.717) is 6.42 Å². The molecule has 37 heavy (non-hydrogen) atoms. The smallest absolute Gasteiger partial charge is 0.340 e. The fourth-order valence-electron chi connectivity index (χ4n) is 4.26. The molecule has 8 nitrogen and oxygen atoms in total. The van der Waals surface area contributed by atoms with E-state index in [1.54, 1.807) is 18.2 Å². The number of ether oxygens (including phenoxy) is 1. The van der Waals surface area contributed by atoms with E-state index in [0.717, 1.165) is 11.1 Å². The van der Waals surface area contributed by atoms with Gasteiger partial charge in [-0.1, -0.05) is 72.8 Å². The molecule has 1 aliphatic rings. The lowest BCUT2D eigenvalue weighted by Gasteiger charge is -2.28. The molecule has 0 saturated carbocycles. The van der Waals surface area contributed by atoms with E-state index < -0.39 is 34.4 Å². The average Bonchev–Trinajstić information content (AvgIpc) is 3.26. The zero-order chi connectivity index (χ0) is 26.3. The molecule has 1 atom stereocenters. The average molecular weight is 521 g/mol. The van der Waals surface area contributed by atoms with Crippen LogP contribution in [0.25, 0.3) is 0 Å². The van der Waals surface area contributed by atoms with Crippen molar-refractivity contribution in [2.75, 3.05) is 23.4 Å². The van der Waals surface area contributed by atoms with Crippen molar-refractivity contribution < 1.29 is 27.5 Å². The number of carbonyl (C=O) groups is 3. The summed E-state index contributed by atoms with van der Waals surface area (Å²) < 4.78 is 29.4. The van der Waals surface area contributed by atoms with E-state index in [9.17, 15) is 22.8 Å². The maximum atomic E-state index is 13.1. The molecule has 0 radical (unpaired) electrons. The first kappa shape index (κ1) is 26.1. The van der Waals surface area contributed by atoms with E-state index in [1.807, 2.05) is 60.7 Å². The van der Waals surface area contributed by atoms with Crippen LogP contribution >= 0.6 is 0 Å². The summed E-state index contributed by atoms with van der Waals surface area (Å²) in [6.45, 7) is -0.335. The van der Waals surface area contributed by atoms with E-state index in [-0.39, 0.29) is 41.6 Å². The third-order valence-corrected chi connectivity index (χ3v) is 7.87. The molecule has 0 aromatic heterocycles. The van der Waals surface area contributed by atoms with Gasteiger partial charge in [0.25, 0.3) is 5.91 Å². The van der Waals surface area contributed by atoms with Gasteiger partial charge in [0.15, 0.2) is 16.4 Å². The summed E-state index contributed by atoms with van der Waals surface area (Å²) >= 11 is 0. The van der Waals surface area contributed by atoms with Gasteiger partial charge in [0.2, 0.25) is 5.91 Å². The van der Waals surface area contributed by atoms with E-state index in [1.165, 1.54) is 11.0 Å². The number of rotatable bonds is 9. The fourth-order valence-corrected chi connectivity index (χ4v) is 5.99. The second kappa shape index (κ2) is 11.8. The molecule has 1 fully saturated rings. The molecule has 1 heterocycles. The van der Waals surface area contributed by atoms with Gasteiger partial charge in [0, 0.05) is 12.6 Å². The number of hydrogen-bond donors (Lipinski definition) is 1. The van der Waals surface area contributed by atoms with Crippen molar-refractivity contribution in [3.05, 3.63) is 102 Å². The highest BCUT2D eigenvalue weighted by Crippen LogP contribution is 2.21. The van der Waals surface area contributed by atoms with Crippen LogP contribution in [0.15, 0.2) is 84.9 Å². The molecular formula is C28H28N2O6S. The molecule has 2 amide bonds. The standard InChI is InChI=1S/C28H28N2O6S/c31-26(17-21-9-3-1-4-10-21)29-25-14-8-7-13-24(25)28(33)36-19-27(32)30(18-22-11-5-2-6-12-22)23-15-16-37(34,35)20-23/h1-14,23H,15-20H2,(H,29,31)/t23-/m0/s1. The van der Waals surface area contributed by atoms with Crippen LogP contribution in [0.5, 0.6) is 0 Å². The molecule has 0 unspecified atom stereocenters. The number of carbonyl (C=O) groups excluding carboxylic acids is 3. The lowest BCUT2D eigenvalue weighted by Crippen LogP contribution is -2.42. The van der Waals surface area contributed by atoms with E-state index in [4.69, 9.17) is 4.74 Å². The molecule has 192 valence electrons. The predicted octanol–water partition coefficient (Wildman–Crippen LogP) is 3.24. The van der Waals surface area contributed by atoms with Gasteiger partial charge in [-0.3, -0.25) is 9.59 Å². The Morgan fingerprint density at radius 2 is 1.49 bits per heavy atom. The quantitative estimate of drug-likeness (QED) is 0.434. The maximum absolute atomic E-state index is 13.1. The van der Waals surface area contributed by atoms with Gasteiger partial charge < -0.3 is 15.0 Å². The van der Waals surface area contributed by atoms with Gasteiger partial charge in [-0.2, -0.15) is 0 Å². The summed E-state index contributed by atoms with van der Waals surface area (Å²) in [7, 11) is -3.22. The number of nitrogens with one attached hydrogen (secondary N) is 1. The first-order valence-corrected chi connectivity index (χ1v) is 13.8. The Kier molecular flexibility index (Phi) is 8.35. The number of nitrogens with zero attached hydrogens (tertiary/aromatic N) is 1. The SMILES string of the molecule is O=C(Cc1ccccc1)Nc1ccccc1C(=O)OCC(=O)N(Cc1ccccc1)[C@H]1CCS(=O)(=O)C1. The van der Waals surface area contributed by atoms with Crippen LogP contribution < -0.4 is 5.32 Å². The summed E-state index contributed by atoms with van der Waals surface area (Å²) in [5, 5.41) is 2.73. The van der Waals surface area contributed by atoms with E-state index >= 15 is 0 Å². The van der Waals surface area contributed by atoms with Crippen molar-refractivity contribution in [1.29, 1.82) is 0 Å². The fraction of sp³-hybridized carbons (Fsp3) is 0.250. The summed E-state index contributed by atoms with van der Waals surface area (Å²) in [5.74, 6) is -1.63. The molecule has 0 spiro atoms. The van der Waals surface area contributed by atoms with Crippen molar-refractivity contribution in [3.63, 3.8) is 0 Å². The van der Waals surface area contributed by atoms with Crippen LogP contribution in [-0.2, 0) is 37.1 Å². The van der Waals surface area contributed by atoms with Crippen molar-refractivity contribution in [2.24, 2.45) is 0 Å². The lowest BCUT2D eigenvalue weighted by atomic mass is 10.1. The number of amides is 2. The van der Waals surface area contributed by atoms with E-state index in [2.05, 4.69) is 5.32 Å². The van der Waals surface area contributed by atoms with Gasteiger partial charge >= 0.3 is 5.97 Å². The first-order valence-electron chi connectivity index (χ1n) is 11.9. The van der Waals surface area contributed by atoms with Crippen LogP contribution in [0.4, 0.5) is 5.69 Å². The Labute approximate surface area is 216 Å². The summed E-state index contributed by atoms with van der Waals surface area (Å²) in [5.41, 5.74) is 2.08. The largest absolute Gasteiger partial charge is 0.452 e. The molecule has 1 N–H and O–H groups in total. The topological polar surface area (TPSA) is 110 Å². The molecule has 1 aliphatic heterocycles. The number of para-hydroxylation sites is 1. The molecule has 3 aromatic rings. The monoisotopic (exact) mass is 520 g/mol. The Morgan fingerprint density at radius 3 is 2.14 bits per heavy atom. The first-order chi connectivity index (χ1) is 17.8. The molecule has 3 aromatic carbocycles. The minimum atomic E-state index is -3.22. The molecule has 1 saturated heterocycles. The zero-order valence-electron chi connectivity index (χ0n) is 20.2. The Morgan fingerprint density at radius 1 is 0.865 bits per heavy atom. The van der Waals surface area contributed by atoms with Crippen molar-refractivity contribution in [2.45, 2.75) is 25.4 Å². The lowest BCUT2D eigenvalue weighted by molar-refractivity contribution is -0.137. The molecule has 0 bridgehead atoms. The minimum Gasteiger partial charge on any atom is -0.452 e. The van der Waals surface area contributed by atoms with Crippen molar-refractivity contribution in [3.8, 4) is 0 Å². The van der Waals surface area contributed by atoms with Crippen molar-refractivity contribution >= 4 is 33.3 Å². The maximum Gasteiger partial charge on any atom is 0.340 e. The van der Waals surface area contributed by atoms with Crippen LogP contribution in [0.1, 0.15) is 27.9 Å². The Balaban J connectivity index is 1.42. The minimum absolute atomic E-state index is 0.0199. The highest BCUT2D eigenvalue weighted by Gasteiger charge is 2.35. The van der Waals surface area contributed by atoms with Crippen LogP contribution in [-0.4, -0.2) is 55.3 Å². The Hall–Kier alpha value is -3.98. The number of anilines is 1. The third-order valence-electron chi connectivity index (χ3n) is 6.12. The highest BCUT2D eigenvalue weighted by molar-refractivity contribution is 7.91. The predicted molar refractivity (Wildman–Crippen MR) is 140 cm³/mol. The Bertz CT molecular complexity index is 1360. The summed E-state index contributed by atoms with van der Waals surface area (Å²) in [6, 6.07) is 24.4. The zero-order valence-corrected chi connectivity index (χ0v) is 21.0. The van der Waals surface area contributed by atoms with Gasteiger partial charge in [-0.25, -0.2) is 13.2 Å². The molecular weight excluding hydrogens is 492 g/mol. The van der Waals surface area contributed by atoms with Gasteiger partial charge in [0.1, 0.15) is 0 Å². The summed E-state index contributed by atoms with van der Waals surface area (Å²) in [6.07, 6.45) is 0.479. The summed E-state index contributed by atoms with van der Waals surface area (Å²) in [4.78, 5) is 40.0. The second-order valence-electron chi connectivity index (χ2n) is 8.90. The number of esters is 1. The van der Waals surface area contributed by atoms with Crippen LogP contribution in [0, 0.1) is 0 Å². The van der Waals surface area contributed by atoms with Crippen LogP contribution in [0.2, 0.25) is 0 Å². The normalized spacial score (nSPS) is 16.1. The van der Waals surface area contributed by atoms with Crippen LogP contribution in [0.3, 0.4) is 0 Å². The third kappa shape index (κ3) is 7.27. The van der Waals surface area contributed by atoms with Crippen molar-refractivity contribution in [1.82, 2.24) is 4.90 Å². The number of benzene rings is 3. The van der Waals surface area contributed by atoms with Gasteiger partial charge in [-0.15, -0.1) is 0 Å². The van der Waals surface area contributed by atoms with Gasteiger partial charge in [0.05, 0.1) is 29.2 Å². The van der Waals surface area contributed by atoms with Gasteiger partial charge in [-0.05, 0) is 29.7 Å².